The standard InChI is InChI=1S/C30H26BrCl2FN2O5/c1-28(2,3)36-24(38)18-10-9-17-20(22(18)25(36)39)13-29(32)26(40)35(16-7-5-15(34)6-8-16)27(41)30(29,33)23(17)19-12-14(31)4-11-21(19)37/h4-9,11-12,18,20,22-23,37H,10,13H2,1-3H3. The van der Waals surface area contributed by atoms with Gasteiger partial charge in [0.15, 0.2) is 9.75 Å². The predicted molar refractivity (Wildman–Crippen MR) is 154 cm³/mol. The highest BCUT2D eigenvalue weighted by atomic mass is 79.9. The number of alkyl halides is 2. The lowest BCUT2D eigenvalue weighted by molar-refractivity contribution is -0.145. The minimum absolute atomic E-state index is 0.0916. The molecule has 2 aliphatic heterocycles. The number of fused-ring (bicyclic) bond motifs is 4. The molecule has 0 radical (unpaired) electrons. The quantitative estimate of drug-likeness (QED) is 0.254. The normalized spacial score (nSPS) is 33.1. The molecule has 2 aromatic rings. The topological polar surface area (TPSA) is 95.0 Å². The van der Waals surface area contributed by atoms with Crippen LogP contribution < -0.4 is 4.90 Å². The SMILES string of the molecule is CC(C)(C)N1C(=O)C2CC=C3C(CC4(Cl)C(=O)N(c5ccc(F)cc5)C(=O)C4(Cl)C3c3cc(Br)ccc3O)C2C1=O. The van der Waals surface area contributed by atoms with E-state index in [1.165, 1.54) is 23.1 Å². The van der Waals surface area contributed by atoms with E-state index in [9.17, 15) is 28.7 Å². The molecular weight excluding hydrogens is 638 g/mol. The maximum absolute atomic E-state index is 14.3. The smallest absolute Gasteiger partial charge is 0.258 e. The number of halogens is 4. The summed E-state index contributed by atoms with van der Waals surface area (Å²) in [6, 6.07) is 9.48. The van der Waals surface area contributed by atoms with Crippen LogP contribution in [0, 0.1) is 23.6 Å². The summed E-state index contributed by atoms with van der Waals surface area (Å²) in [6.07, 6.45) is 1.85. The molecule has 2 aromatic carbocycles. The summed E-state index contributed by atoms with van der Waals surface area (Å²) < 4.78 is 14.3. The van der Waals surface area contributed by atoms with Gasteiger partial charge >= 0.3 is 0 Å². The molecule has 2 aliphatic carbocycles. The van der Waals surface area contributed by atoms with Gasteiger partial charge in [-0.25, -0.2) is 9.29 Å². The van der Waals surface area contributed by atoms with Crippen LogP contribution in [0.3, 0.4) is 0 Å². The average Bonchev–Trinajstić information content (AvgIpc) is 3.24. The molecule has 2 heterocycles. The number of amides is 4. The number of likely N-dealkylation sites (tertiary alicyclic amines) is 1. The first-order chi connectivity index (χ1) is 19.1. The van der Waals surface area contributed by atoms with E-state index < -0.39 is 56.6 Å². The lowest BCUT2D eigenvalue weighted by Gasteiger charge is -2.50. The Morgan fingerprint density at radius 3 is 2.27 bits per heavy atom. The third-order valence-electron chi connectivity index (χ3n) is 8.87. The number of phenolic OH excluding ortho intramolecular Hbond substituents is 1. The summed E-state index contributed by atoms with van der Waals surface area (Å²) in [6.45, 7) is 5.35. The van der Waals surface area contributed by atoms with Gasteiger partial charge in [-0.2, -0.15) is 0 Å². The number of benzene rings is 2. The zero-order chi connectivity index (χ0) is 29.8. The maximum atomic E-state index is 14.3. The van der Waals surface area contributed by atoms with E-state index in [1.807, 2.05) is 6.08 Å². The van der Waals surface area contributed by atoms with Crippen LogP contribution in [0.25, 0.3) is 0 Å². The molecule has 7 nitrogen and oxygen atoms in total. The molecule has 4 amide bonds. The lowest BCUT2D eigenvalue weighted by Crippen LogP contribution is -2.60. The maximum Gasteiger partial charge on any atom is 0.258 e. The first-order valence-electron chi connectivity index (χ1n) is 13.2. The van der Waals surface area contributed by atoms with Crippen molar-refractivity contribution < 1.29 is 28.7 Å². The Bertz CT molecular complexity index is 1570. The van der Waals surface area contributed by atoms with Gasteiger partial charge in [0.25, 0.3) is 11.8 Å². The van der Waals surface area contributed by atoms with E-state index >= 15 is 0 Å². The summed E-state index contributed by atoms with van der Waals surface area (Å²) in [5, 5.41) is 11.1. The largest absolute Gasteiger partial charge is 0.508 e. The molecule has 3 fully saturated rings. The molecule has 214 valence electrons. The van der Waals surface area contributed by atoms with Crippen LogP contribution in [0.15, 0.2) is 58.6 Å². The summed E-state index contributed by atoms with van der Waals surface area (Å²) in [5.41, 5.74) is 0.148. The van der Waals surface area contributed by atoms with E-state index in [0.29, 0.717) is 10.0 Å². The second kappa shape index (κ2) is 9.12. The Kier molecular flexibility index (Phi) is 6.31. The highest BCUT2D eigenvalue weighted by molar-refractivity contribution is 9.10. The van der Waals surface area contributed by atoms with E-state index in [0.717, 1.165) is 17.0 Å². The van der Waals surface area contributed by atoms with Gasteiger partial charge in [0.1, 0.15) is 11.6 Å². The summed E-state index contributed by atoms with van der Waals surface area (Å²) >= 11 is 18.0. The molecule has 6 unspecified atom stereocenters. The molecular formula is C30H26BrCl2FN2O5. The lowest BCUT2D eigenvalue weighted by atomic mass is 9.56. The van der Waals surface area contributed by atoms with E-state index in [-0.39, 0.29) is 41.7 Å². The number of nitrogens with zero attached hydrogens (tertiary/aromatic N) is 2. The minimum Gasteiger partial charge on any atom is -0.508 e. The molecule has 4 aliphatic rings. The number of carbonyl (C=O) groups excluding carboxylic acids is 4. The molecule has 0 aromatic heterocycles. The van der Waals surface area contributed by atoms with Crippen molar-refractivity contribution in [2.24, 2.45) is 17.8 Å². The number of hydrogen-bond acceptors (Lipinski definition) is 5. The zero-order valence-corrected chi connectivity index (χ0v) is 25.4. The number of allylic oxidation sites excluding steroid dienone is 2. The molecule has 6 rings (SSSR count). The average molecular weight is 664 g/mol. The highest BCUT2D eigenvalue weighted by Gasteiger charge is 2.77. The summed E-state index contributed by atoms with van der Waals surface area (Å²) in [4.78, 5) is 53.8. The number of hydrogen-bond donors (Lipinski definition) is 1. The van der Waals surface area contributed by atoms with Crippen LogP contribution in [0.5, 0.6) is 5.75 Å². The third kappa shape index (κ3) is 3.74. The van der Waals surface area contributed by atoms with Gasteiger partial charge in [0, 0.05) is 21.5 Å². The van der Waals surface area contributed by atoms with Gasteiger partial charge in [0.2, 0.25) is 11.8 Å². The molecule has 2 saturated heterocycles. The number of anilines is 1. The Labute approximate surface area is 254 Å². The fourth-order valence-electron chi connectivity index (χ4n) is 7.16. The van der Waals surface area contributed by atoms with Crippen LogP contribution in [0.4, 0.5) is 10.1 Å². The number of carbonyl (C=O) groups is 4. The molecule has 11 heteroatoms. The van der Waals surface area contributed by atoms with Crippen LogP contribution in [-0.2, 0) is 19.2 Å². The number of phenols is 1. The summed E-state index contributed by atoms with van der Waals surface area (Å²) in [7, 11) is 0. The van der Waals surface area contributed by atoms with Crippen molar-refractivity contribution in [2.45, 2.75) is 54.8 Å². The molecule has 1 saturated carbocycles. The first kappa shape index (κ1) is 28.4. The van der Waals surface area contributed by atoms with Crippen LogP contribution in [0.1, 0.15) is 45.1 Å². The van der Waals surface area contributed by atoms with E-state index in [2.05, 4.69) is 15.9 Å². The van der Waals surface area contributed by atoms with E-state index in [1.54, 1.807) is 32.9 Å². The molecule has 0 bridgehead atoms. The summed E-state index contributed by atoms with van der Waals surface area (Å²) in [5.74, 6) is -6.33. The zero-order valence-electron chi connectivity index (χ0n) is 22.3. The number of rotatable bonds is 2. The van der Waals surface area contributed by atoms with Crippen molar-refractivity contribution >= 4 is 68.4 Å². The monoisotopic (exact) mass is 662 g/mol. The Morgan fingerprint density at radius 1 is 0.976 bits per heavy atom. The second-order valence-corrected chi connectivity index (χ2v) is 14.3. The predicted octanol–water partition coefficient (Wildman–Crippen LogP) is 5.66. The molecule has 0 spiro atoms. The highest BCUT2D eigenvalue weighted by Crippen LogP contribution is 2.66. The fraction of sp³-hybridized carbons (Fsp3) is 0.400. The molecule has 6 atom stereocenters. The van der Waals surface area contributed by atoms with Crippen LogP contribution in [-0.4, -0.2) is 48.9 Å². The van der Waals surface area contributed by atoms with Crippen LogP contribution >= 0.6 is 39.1 Å². The van der Waals surface area contributed by atoms with E-state index in [4.69, 9.17) is 23.2 Å². The number of imide groups is 2. The van der Waals surface area contributed by atoms with Crippen molar-refractivity contribution in [2.75, 3.05) is 4.90 Å². The molecule has 41 heavy (non-hydrogen) atoms. The van der Waals surface area contributed by atoms with Gasteiger partial charge in [-0.1, -0.05) is 27.6 Å². The van der Waals surface area contributed by atoms with Crippen molar-refractivity contribution in [3.8, 4) is 5.75 Å². The first-order valence-corrected chi connectivity index (χ1v) is 14.8. The Morgan fingerprint density at radius 2 is 1.63 bits per heavy atom. The van der Waals surface area contributed by atoms with Gasteiger partial charge in [-0.05, 0) is 82.0 Å². The minimum atomic E-state index is -2.11. The Balaban J connectivity index is 1.58. The van der Waals surface area contributed by atoms with Gasteiger partial charge < -0.3 is 5.11 Å². The Hall–Kier alpha value is -2.75. The van der Waals surface area contributed by atoms with Crippen LogP contribution in [0.2, 0.25) is 0 Å². The fourth-order valence-corrected chi connectivity index (χ4v) is 8.47. The van der Waals surface area contributed by atoms with Crippen molar-refractivity contribution in [1.82, 2.24) is 4.90 Å². The van der Waals surface area contributed by atoms with Crippen molar-refractivity contribution in [1.29, 1.82) is 0 Å². The van der Waals surface area contributed by atoms with Crippen molar-refractivity contribution in [3.05, 3.63) is 70.0 Å². The third-order valence-corrected chi connectivity index (χ3v) is 10.8. The van der Waals surface area contributed by atoms with Gasteiger partial charge in [0.05, 0.1) is 17.5 Å². The molecule has 1 N–H and O–H groups in total. The van der Waals surface area contributed by atoms with Crippen molar-refractivity contribution in [3.63, 3.8) is 0 Å². The second-order valence-electron chi connectivity index (χ2n) is 12.1. The number of aromatic hydroxyl groups is 1. The van der Waals surface area contributed by atoms with Gasteiger partial charge in [-0.15, -0.1) is 23.2 Å². The van der Waals surface area contributed by atoms with Gasteiger partial charge in [-0.3, -0.25) is 24.1 Å².